The summed E-state index contributed by atoms with van der Waals surface area (Å²) in [7, 11) is 0. The average molecular weight is 390 g/mol. The molecule has 0 aliphatic rings. The molecule has 19 heavy (non-hydrogen) atoms. The number of para-hydroxylation sites is 1. The van der Waals surface area contributed by atoms with Gasteiger partial charge in [0, 0.05) is 12.5 Å². The van der Waals surface area contributed by atoms with Crippen LogP contribution in [-0.4, -0.2) is 5.97 Å². The summed E-state index contributed by atoms with van der Waals surface area (Å²) in [6.45, 7) is 5.78. The number of thiazole rings is 1. The van der Waals surface area contributed by atoms with Gasteiger partial charge in [-0.05, 0) is 12.5 Å². The Balaban J connectivity index is 0.00000180. The Bertz CT molecular complexity index is 580. The number of benzene rings is 1. The maximum absolute atomic E-state index is 11.6. The molecule has 0 bridgehead atoms. The van der Waals surface area contributed by atoms with Crippen molar-refractivity contribution in [2.24, 2.45) is 0 Å². The fourth-order valence-electron chi connectivity index (χ4n) is 1.92. The van der Waals surface area contributed by atoms with Gasteiger partial charge in [0.1, 0.15) is 4.70 Å². The molecule has 0 aliphatic heterocycles. The van der Waals surface area contributed by atoms with Gasteiger partial charge in [-0.15, -0.1) is 24.0 Å². The Labute approximate surface area is 133 Å². The number of rotatable bonds is 5. The molecule has 0 fully saturated rings. The first-order valence-corrected chi connectivity index (χ1v) is 6.78. The van der Waals surface area contributed by atoms with Crippen molar-refractivity contribution in [2.75, 3.05) is 0 Å². The number of fused-ring (bicyclic) bond motifs is 1. The van der Waals surface area contributed by atoms with Crippen molar-refractivity contribution >= 4 is 51.5 Å². The summed E-state index contributed by atoms with van der Waals surface area (Å²) >= 11 is 1.74. The molecule has 0 saturated carbocycles. The Kier molecular flexibility index (Phi) is 6.44. The highest BCUT2D eigenvalue weighted by Crippen LogP contribution is 2.21. The predicted molar refractivity (Wildman–Crippen MR) is 87.7 cm³/mol. The van der Waals surface area contributed by atoms with Crippen LogP contribution in [0.2, 0.25) is 0 Å². The van der Waals surface area contributed by atoms with Crippen molar-refractivity contribution in [3.63, 3.8) is 0 Å². The standard InChI is InChI=1S/C14H16NO2S.HI/c1-3-7-13-15(10-14(16)17-4-2)11-8-5-6-9-12(11)18-13;/h4-6,8-9H,2-3,7,10H2,1H3;1H/q+1;. The third-order valence-corrected chi connectivity index (χ3v) is 3.88. The number of halogens is 1. The lowest BCUT2D eigenvalue weighted by Gasteiger charge is -1.97. The number of carbonyl (C=O) groups excluding carboxylic acids is 1. The average Bonchev–Trinajstić information content (AvgIpc) is 2.69. The van der Waals surface area contributed by atoms with Crippen LogP contribution in [0.15, 0.2) is 37.1 Å². The van der Waals surface area contributed by atoms with E-state index in [2.05, 4.69) is 19.6 Å². The van der Waals surface area contributed by atoms with Crippen molar-refractivity contribution in [1.29, 1.82) is 0 Å². The maximum atomic E-state index is 11.6. The zero-order valence-electron chi connectivity index (χ0n) is 10.8. The van der Waals surface area contributed by atoms with E-state index < -0.39 is 0 Å². The molecule has 0 aliphatic carbocycles. The van der Waals surface area contributed by atoms with Gasteiger partial charge in [0.05, 0.1) is 6.26 Å². The molecule has 0 unspecified atom stereocenters. The molecule has 1 aromatic carbocycles. The van der Waals surface area contributed by atoms with E-state index >= 15 is 0 Å². The Morgan fingerprint density at radius 2 is 2.21 bits per heavy atom. The van der Waals surface area contributed by atoms with Crippen LogP contribution in [0, 0.1) is 0 Å². The third-order valence-electron chi connectivity index (χ3n) is 2.65. The van der Waals surface area contributed by atoms with Crippen LogP contribution >= 0.6 is 35.3 Å². The van der Waals surface area contributed by atoms with E-state index in [0.29, 0.717) is 0 Å². The van der Waals surface area contributed by atoms with Crippen molar-refractivity contribution < 1.29 is 14.1 Å². The molecule has 1 aromatic heterocycles. The number of ether oxygens (including phenoxy) is 1. The highest BCUT2D eigenvalue weighted by molar-refractivity contribution is 14.0. The SMILES string of the molecule is C=COC(=O)C[n+]1c(CCC)sc2ccccc21.I. The van der Waals surface area contributed by atoms with Crippen molar-refractivity contribution in [1.82, 2.24) is 0 Å². The highest BCUT2D eigenvalue weighted by atomic mass is 127. The van der Waals surface area contributed by atoms with Gasteiger partial charge in [-0.1, -0.05) is 37.0 Å². The number of aromatic nitrogens is 1. The lowest BCUT2D eigenvalue weighted by molar-refractivity contribution is -0.662. The minimum Gasteiger partial charge on any atom is -0.430 e. The smallest absolute Gasteiger partial charge is 0.377 e. The first-order valence-electron chi connectivity index (χ1n) is 5.97. The molecular formula is C14H17INO2S+. The monoisotopic (exact) mass is 390 g/mol. The largest absolute Gasteiger partial charge is 0.430 e. The molecule has 0 saturated heterocycles. The van der Waals surface area contributed by atoms with Crippen LogP contribution in [0.25, 0.3) is 10.2 Å². The third kappa shape index (κ3) is 3.76. The molecule has 3 nitrogen and oxygen atoms in total. The van der Waals surface area contributed by atoms with E-state index in [1.807, 2.05) is 22.8 Å². The lowest BCUT2D eigenvalue weighted by atomic mass is 10.3. The lowest BCUT2D eigenvalue weighted by Crippen LogP contribution is -2.40. The molecule has 102 valence electrons. The summed E-state index contributed by atoms with van der Waals surface area (Å²) in [5.74, 6) is -0.282. The number of hydrogen-bond acceptors (Lipinski definition) is 3. The second-order valence-electron chi connectivity index (χ2n) is 3.96. The minimum absolute atomic E-state index is 0. The normalized spacial score (nSPS) is 9.95. The molecule has 2 rings (SSSR count). The zero-order chi connectivity index (χ0) is 13.0. The van der Waals surface area contributed by atoms with E-state index in [1.54, 1.807) is 11.3 Å². The molecule has 2 aromatic rings. The van der Waals surface area contributed by atoms with E-state index in [4.69, 9.17) is 4.74 Å². The van der Waals surface area contributed by atoms with Gasteiger partial charge in [-0.2, -0.15) is 4.57 Å². The summed E-state index contributed by atoms with van der Waals surface area (Å²) in [6.07, 6.45) is 3.21. The molecule has 1 heterocycles. The fraction of sp³-hybridized carbons (Fsp3) is 0.286. The summed E-state index contributed by atoms with van der Waals surface area (Å²) < 4.78 is 8.04. The zero-order valence-corrected chi connectivity index (χ0v) is 13.9. The maximum Gasteiger partial charge on any atom is 0.377 e. The molecule has 0 spiro atoms. The predicted octanol–water partition coefficient (Wildman–Crippen LogP) is 3.45. The van der Waals surface area contributed by atoms with E-state index in [0.717, 1.165) is 18.4 Å². The Morgan fingerprint density at radius 3 is 2.89 bits per heavy atom. The molecule has 0 amide bonds. The van der Waals surface area contributed by atoms with Crippen molar-refractivity contribution in [2.45, 2.75) is 26.3 Å². The van der Waals surface area contributed by atoms with Gasteiger partial charge < -0.3 is 4.74 Å². The summed E-state index contributed by atoms with van der Waals surface area (Å²) in [4.78, 5) is 11.6. The summed E-state index contributed by atoms with van der Waals surface area (Å²) in [6, 6.07) is 8.11. The van der Waals surface area contributed by atoms with Gasteiger partial charge in [0.25, 0.3) is 0 Å². The Morgan fingerprint density at radius 1 is 1.47 bits per heavy atom. The topological polar surface area (TPSA) is 30.2 Å². The quantitative estimate of drug-likeness (QED) is 0.339. The second-order valence-corrected chi connectivity index (χ2v) is 5.07. The van der Waals surface area contributed by atoms with Crippen LogP contribution in [0.3, 0.4) is 0 Å². The van der Waals surface area contributed by atoms with Gasteiger partial charge >= 0.3 is 5.97 Å². The molecule has 0 N–H and O–H groups in total. The number of aryl methyl sites for hydroxylation is 1. The first-order chi connectivity index (χ1) is 8.76. The van der Waals surface area contributed by atoms with E-state index in [9.17, 15) is 4.79 Å². The number of carbonyl (C=O) groups is 1. The molecule has 5 heteroatoms. The molecule has 0 atom stereocenters. The fourth-order valence-corrected chi connectivity index (χ4v) is 3.18. The van der Waals surface area contributed by atoms with Crippen LogP contribution in [-0.2, 0) is 22.5 Å². The van der Waals surface area contributed by atoms with Crippen molar-refractivity contribution in [3.05, 3.63) is 42.1 Å². The van der Waals surface area contributed by atoms with Gasteiger partial charge in [0.15, 0.2) is 0 Å². The number of nitrogens with zero attached hydrogens (tertiary/aromatic N) is 1. The van der Waals surface area contributed by atoms with Crippen LogP contribution in [0.5, 0.6) is 0 Å². The second kappa shape index (κ2) is 7.59. The summed E-state index contributed by atoms with van der Waals surface area (Å²) in [5, 5.41) is 1.21. The summed E-state index contributed by atoms with van der Waals surface area (Å²) in [5.41, 5.74) is 1.09. The minimum atomic E-state index is -0.282. The van der Waals surface area contributed by atoms with Crippen molar-refractivity contribution in [3.8, 4) is 0 Å². The van der Waals surface area contributed by atoms with Gasteiger partial charge in [0.2, 0.25) is 17.1 Å². The van der Waals surface area contributed by atoms with Gasteiger partial charge in [-0.25, -0.2) is 4.79 Å². The van der Waals surface area contributed by atoms with Gasteiger partial charge in [-0.3, -0.25) is 0 Å². The first kappa shape index (κ1) is 16.1. The molecule has 0 radical (unpaired) electrons. The van der Waals surface area contributed by atoms with Crippen LogP contribution in [0.4, 0.5) is 0 Å². The van der Waals surface area contributed by atoms with E-state index in [1.165, 1.54) is 16.0 Å². The number of hydrogen-bond donors (Lipinski definition) is 0. The highest BCUT2D eigenvalue weighted by Gasteiger charge is 2.22. The van der Waals surface area contributed by atoms with Crippen LogP contribution in [0.1, 0.15) is 18.4 Å². The molecular weight excluding hydrogens is 373 g/mol. The number of esters is 1. The van der Waals surface area contributed by atoms with Crippen LogP contribution < -0.4 is 4.57 Å². The van der Waals surface area contributed by atoms with E-state index in [-0.39, 0.29) is 36.5 Å². The Hall–Kier alpha value is -0.950.